The maximum Gasteiger partial charge on any atom is 0.227 e. The summed E-state index contributed by atoms with van der Waals surface area (Å²) >= 11 is 0. The molecule has 0 unspecified atom stereocenters. The Kier molecular flexibility index (Phi) is 4.67. The van der Waals surface area contributed by atoms with Crippen molar-refractivity contribution < 1.29 is 9.53 Å². The molecule has 0 N–H and O–H groups in total. The van der Waals surface area contributed by atoms with Crippen LogP contribution in [0.15, 0.2) is 67.0 Å². The molecular weight excluding hydrogens is 324 g/mol. The lowest BCUT2D eigenvalue weighted by atomic mass is 10.0. The van der Waals surface area contributed by atoms with Crippen molar-refractivity contribution in [1.29, 1.82) is 0 Å². The SMILES string of the molecule is CO[C@@H]1CCN(C(=O)Cc2cncc3ccccc23)[C@@H]1c1ccccc1. The number of carbonyl (C=O) groups excluding carboxylic acids is 1. The summed E-state index contributed by atoms with van der Waals surface area (Å²) in [5.74, 6) is 0.122. The van der Waals surface area contributed by atoms with Crippen LogP contribution in [0.25, 0.3) is 10.8 Å². The first kappa shape index (κ1) is 16.7. The summed E-state index contributed by atoms with van der Waals surface area (Å²) in [6, 6.07) is 18.2. The van der Waals surface area contributed by atoms with Crippen molar-refractivity contribution in [3.63, 3.8) is 0 Å². The zero-order valence-corrected chi connectivity index (χ0v) is 14.8. The highest BCUT2D eigenvalue weighted by Gasteiger charge is 2.38. The molecular formula is C22H22N2O2. The number of methoxy groups -OCH3 is 1. The molecule has 0 bridgehead atoms. The summed E-state index contributed by atoms with van der Waals surface area (Å²) < 4.78 is 5.67. The third kappa shape index (κ3) is 3.08. The van der Waals surface area contributed by atoms with Crippen LogP contribution < -0.4 is 0 Å². The standard InChI is InChI=1S/C22H22N2O2/c1-26-20-11-12-24(22(20)16-7-3-2-4-8-16)21(25)13-18-15-23-14-17-9-5-6-10-19(17)18/h2-10,14-15,20,22H,11-13H2,1H3/t20-,22-/m1/s1. The molecule has 1 amide bonds. The van der Waals surface area contributed by atoms with E-state index in [9.17, 15) is 4.79 Å². The Labute approximate surface area is 153 Å². The van der Waals surface area contributed by atoms with Crippen molar-refractivity contribution in [2.45, 2.75) is 25.0 Å². The van der Waals surface area contributed by atoms with Crippen molar-refractivity contribution in [3.8, 4) is 0 Å². The number of amides is 1. The van der Waals surface area contributed by atoms with Gasteiger partial charge in [-0.3, -0.25) is 9.78 Å². The first-order valence-electron chi connectivity index (χ1n) is 8.97. The number of fused-ring (bicyclic) bond motifs is 1. The van der Waals surface area contributed by atoms with Gasteiger partial charge in [-0.1, -0.05) is 54.6 Å². The Morgan fingerprint density at radius 2 is 1.88 bits per heavy atom. The molecule has 2 aromatic carbocycles. The minimum atomic E-state index is -0.0309. The molecule has 1 aliphatic rings. The first-order chi connectivity index (χ1) is 12.8. The van der Waals surface area contributed by atoms with E-state index in [1.54, 1.807) is 7.11 Å². The lowest BCUT2D eigenvalue weighted by Crippen LogP contribution is -2.34. The van der Waals surface area contributed by atoms with E-state index < -0.39 is 0 Å². The van der Waals surface area contributed by atoms with Gasteiger partial charge in [-0.25, -0.2) is 0 Å². The number of pyridine rings is 1. The number of hydrogen-bond donors (Lipinski definition) is 0. The fourth-order valence-corrected chi connectivity index (χ4v) is 3.92. The Balaban J connectivity index is 1.62. The number of hydrogen-bond acceptors (Lipinski definition) is 3. The minimum absolute atomic E-state index is 0.0309. The van der Waals surface area contributed by atoms with Crippen LogP contribution in [0, 0.1) is 0 Å². The maximum atomic E-state index is 13.1. The number of ether oxygens (including phenoxy) is 1. The van der Waals surface area contributed by atoms with Gasteiger partial charge in [0, 0.05) is 31.4 Å². The van der Waals surface area contributed by atoms with Crippen LogP contribution in [0.3, 0.4) is 0 Å². The fourth-order valence-electron chi connectivity index (χ4n) is 3.92. The molecule has 132 valence electrons. The second-order valence-corrected chi connectivity index (χ2v) is 6.70. The van der Waals surface area contributed by atoms with Crippen LogP contribution in [0.5, 0.6) is 0 Å². The average Bonchev–Trinajstić information content (AvgIpc) is 3.13. The van der Waals surface area contributed by atoms with E-state index >= 15 is 0 Å². The van der Waals surface area contributed by atoms with Crippen LogP contribution in [0.1, 0.15) is 23.6 Å². The number of nitrogens with zero attached hydrogens (tertiary/aromatic N) is 2. The molecule has 4 rings (SSSR count). The lowest BCUT2D eigenvalue weighted by Gasteiger charge is -2.28. The molecule has 0 saturated carbocycles. The molecule has 2 atom stereocenters. The number of likely N-dealkylation sites (tertiary alicyclic amines) is 1. The zero-order valence-electron chi connectivity index (χ0n) is 14.8. The molecule has 3 aromatic rings. The van der Waals surface area contributed by atoms with Crippen molar-refractivity contribution in [2.75, 3.05) is 13.7 Å². The highest BCUT2D eigenvalue weighted by molar-refractivity contribution is 5.89. The van der Waals surface area contributed by atoms with E-state index in [0.717, 1.165) is 34.9 Å². The Bertz CT molecular complexity index is 905. The van der Waals surface area contributed by atoms with E-state index in [1.165, 1.54) is 0 Å². The van der Waals surface area contributed by atoms with Crippen LogP contribution >= 0.6 is 0 Å². The van der Waals surface area contributed by atoms with E-state index in [0.29, 0.717) is 6.42 Å². The topological polar surface area (TPSA) is 42.4 Å². The Morgan fingerprint density at radius 1 is 1.12 bits per heavy atom. The molecule has 4 nitrogen and oxygen atoms in total. The minimum Gasteiger partial charge on any atom is -0.379 e. The molecule has 1 fully saturated rings. The van der Waals surface area contributed by atoms with E-state index in [-0.39, 0.29) is 18.1 Å². The molecule has 1 aromatic heterocycles. The summed E-state index contributed by atoms with van der Waals surface area (Å²) in [4.78, 5) is 19.4. The molecule has 4 heteroatoms. The van der Waals surface area contributed by atoms with Gasteiger partial charge in [0.1, 0.15) is 0 Å². The van der Waals surface area contributed by atoms with Gasteiger partial charge in [0.25, 0.3) is 0 Å². The predicted molar refractivity (Wildman–Crippen MR) is 102 cm³/mol. The average molecular weight is 346 g/mol. The van der Waals surface area contributed by atoms with Crippen molar-refractivity contribution in [3.05, 3.63) is 78.1 Å². The third-order valence-electron chi connectivity index (χ3n) is 5.20. The van der Waals surface area contributed by atoms with Crippen LogP contribution in [0.2, 0.25) is 0 Å². The van der Waals surface area contributed by atoms with Gasteiger partial charge in [-0.15, -0.1) is 0 Å². The number of aromatic nitrogens is 1. The van der Waals surface area contributed by atoms with Crippen molar-refractivity contribution in [1.82, 2.24) is 9.88 Å². The van der Waals surface area contributed by atoms with Gasteiger partial charge in [0.15, 0.2) is 0 Å². The summed E-state index contributed by atoms with van der Waals surface area (Å²) in [6.45, 7) is 0.717. The van der Waals surface area contributed by atoms with Crippen LogP contribution in [-0.2, 0) is 16.0 Å². The lowest BCUT2D eigenvalue weighted by molar-refractivity contribution is -0.132. The molecule has 0 radical (unpaired) electrons. The monoisotopic (exact) mass is 346 g/mol. The fraction of sp³-hybridized carbons (Fsp3) is 0.273. The van der Waals surface area contributed by atoms with Gasteiger partial charge in [-0.05, 0) is 22.9 Å². The molecule has 2 heterocycles. The third-order valence-corrected chi connectivity index (χ3v) is 5.20. The summed E-state index contributed by atoms with van der Waals surface area (Å²) in [5.41, 5.74) is 2.10. The Morgan fingerprint density at radius 3 is 2.69 bits per heavy atom. The van der Waals surface area contributed by atoms with Crippen molar-refractivity contribution in [2.24, 2.45) is 0 Å². The molecule has 1 saturated heterocycles. The van der Waals surface area contributed by atoms with E-state index in [1.807, 2.05) is 53.7 Å². The number of carbonyl (C=O) groups is 1. The molecule has 26 heavy (non-hydrogen) atoms. The largest absolute Gasteiger partial charge is 0.379 e. The van der Waals surface area contributed by atoms with E-state index in [2.05, 4.69) is 23.2 Å². The zero-order chi connectivity index (χ0) is 17.9. The van der Waals surface area contributed by atoms with E-state index in [4.69, 9.17) is 4.74 Å². The summed E-state index contributed by atoms with van der Waals surface area (Å²) in [6.07, 6.45) is 4.89. The van der Waals surface area contributed by atoms with Gasteiger partial charge in [0.2, 0.25) is 5.91 Å². The quantitative estimate of drug-likeness (QED) is 0.722. The molecule has 1 aliphatic heterocycles. The second-order valence-electron chi connectivity index (χ2n) is 6.70. The maximum absolute atomic E-state index is 13.1. The van der Waals surface area contributed by atoms with Gasteiger partial charge in [-0.2, -0.15) is 0 Å². The van der Waals surface area contributed by atoms with Crippen molar-refractivity contribution >= 4 is 16.7 Å². The molecule has 0 spiro atoms. The first-order valence-corrected chi connectivity index (χ1v) is 8.97. The predicted octanol–water partition coefficient (Wildman–Crippen LogP) is 3.77. The summed E-state index contributed by atoms with van der Waals surface area (Å²) in [5, 5.41) is 2.16. The van der Waals surface area contributed by atoms with Gasteiger partial charge in [0.05, 0.1) is 18.6 Å². The van der Waals surface area contributed by atoms with Crippen LogP contribution in [0.4, 0.5) is 0 Å². The highest BCUT2D eigenvalue weighted by Crippen LogP contribution is 2.34. The smallest absolute Gasteiger partial charge is 0.227 e. The van der Waals surface area contributed by atoms with Gasteiger partial charge >= 0.3 is 0 Å². The summed E-state index contributed by atoms with van der Waals surface area (Å²) in [7, 11) is 1.73. The normalized spacial score (nSPS) is 19.8. The molecule has 0 aliphatic carbocycles. The number of rotatable bonds is 4. The van der Waals surface area contributed by atoms with Crippen LogP contribution in [-0.4, -0.2) is 35.5 Å². The van der Waals surface area contributed by atoms with Gasteiger partial charge < -0.3 is 9.64 Å². The second kappa shape index (κ2) is 7.26. The highest BCUT2D eigenvalue weighted by atomic mass is 16.5. The number of benzene rings is 2. The Hall–Kier alpha value is -2.72.